The van der Waals surface area contributed by atoms with Gasteiger partial charge in [-0.2, -0.15) is 0 Å². The standard InChI is InChI=1S/C16H8BrClN2OS/c17-10-4-5-14-12(7-10)20-16(22-14)15-19-8-13(21-15)9-2-1-3-11(18)6-9/h1-8H. The first-order valence-electron chi connectivity index (χ1n) is 6.47. The van der Waals surface area contributed by atoms with E-state index in [1.807, 2.05) is 42.5 Å². The summed E-state index contributed by atoms with van der Waals surface area (Å²) in [4.78, 5) is 8.91. The van der Waals surface area contributed by atoms with Crippen molar-refractivity contribution in [2.75, 3.05) is 0 Å². The van der Waals surface area contributed by atoms with Gasteiger partial charge in [-0.1, -0.05) is 39.7 Å². The van der Waals surface area contributed by atoms with Gasteiger partial charge in [0, 0.05) is 15.1 Å². The zero-order valence-corrected chi connectivity index (χ0v) is 14.2. The van der Waals surface area contributed by atoms with Crippen LogP contribution in [-0.2, 0) is 0 Å². The Bertz CT molecular complexity index is 979. The monoisotopic (exact) mass is 390 g/mol. The van der Waals surface area contributed by atoms with Gasteiger partial charge in [-0.3, -0.25) is 0 Å². The van der Waals surface area contributed by atoms with Crippen molar-refractivity contribution in [1.82, 2.24) is 9.97 Å². The summed E-state index contributed by atoms with van der Waals surface area (Å²) in [5, 5.41) is 1.43. The molecule has 22 heavy (non-hydrogen) atoms. The number of thiazole rings is 1. The molecule has 0 bridgehead atoms. The number of rotatable bonds is 2. The summed E-state index contributed by atoms with van der Waals surface area (Å²) < 4.78 is 7.94. The summed E-state index contributed by atoms with van der Waals surface area (Å²) in [5.41, 5.74) is 1.83. The lowest BCUT2D eigenvalue weighted by molar-refractivity contribution is 0.588. The molecule has 0 amide bonds. The van der Waals surface area contributed by atoms with Gasteiger partial charge in [-0.25, -0.2) is 9.97 Å². The number of benzene rings is 2. The molecule has 0 aliphatic heterocycles. The second-order valence-electron chi connectivity index (χ2n) is 4.67. The highest BCUT2D eigenvalue weighted by Gasteiger charge is 2.13. The van der Waals surface area contributed by atoms with Crippen molar-refractivity contribution < 1.29 is 4.42 Å². The van der Waals surface area contributed by atoms with Gasteiger partial charge in [0.15, 0.2) is 10.8 Å². The minimum absolute atomic E-state index is 0.521. The van der Waals surface area contributed by atoms with Crippen molar-refractivity contribution in [3.8, 4) is 22.2 Å². The molecule has 4 aromatic rings. The number of halogens is 2. The zero-order chi connectivity index (χ0) is 15.1. The fraction of sp³-hybridized carbons (Fsp3) is 0. The quantitative estimate of drug-likeness (QED) is 0.418. The Labute approximate surface area is 143 Å². The third-order valence-corrected chi connectivity index (χ3v) is 4.90. The molecule has 0 aliphatic carbocycles. The van der Waals surface area contributed by atoms with Gasteiger partial charge in [0.1, 0.15) is 0 Å². The van der Waals surface area contributed by atoms with Crippen LogP contribution >= 0.6 is 38.9 Å². The van der Waals surface area contributed by atoms with Crippen LogP contribution < -0.4 is 0 Å². The second-order valence-corrected chi connectivity index (χ2v) is 7.05. The van der Waals surface area contributed by atoms with Gasteiger partial charge in [0.05, 0.1) is 16.4 Å². The summed E-state index contributed by atoms with van der Waals surface area (Å²) in [5.74, 6) is 1.20. The Kier molecular flexibility index (Phi) is 3.48. The molecule has 3 nitrogen and oxygen atoms in total. The minimum atomic E-state index is 0.521. The number of nitrogens with zero attached hydrogens (tertiary/aromatic N) is 2. The van der Waals surface area contributed by atoms with Gasteiger partial charge in [0.25, 0.3) is 5.89 Å². The fourth-order valence-electron chi connectivity index (χ4n) is 2.14. The molecule has 0 radical (unpaired) electrons. The summed E-state index contributed by atoms with van der Waals surface area (Å²) >= 11 is 11.0. The first-order valence-corrected chi connectivity index (χ1v) is 8.46. The van der Waals surface area contributed by atoms with E-state index in [2.05, 4.69) is 25.9 Å². The molecule has 0 spiro atoms. The van der Waals surface area contributed by atoms with E-state index in [0.717, 1.165) is 25.3 Å². The Hall–Kier alpha value is -1.69. The third-order valence-electron chi connectivity index (χ3n) is 3.15. The van der Waals surface area contributed by atoms with Crippen LogP contribution in [0, 0.1) is 0 Å². The van der Waals surface area contributed by atoms with Crippen molar-refractivity contribution in [3.63, 3.8) is 0 Å². The van der Waals surface area contributed by atoms with E-state index in [1.165, 1.54) is 0 Å². The molecule has 6 heteroatoms. The Morgan fingerprint density at radius 2 is 2.05 bits per heavy atom. The molecule has 4 rings (SSSR count). The molecule has 0 saturated carbocycles. The minimum Gasteiger partial charge on any atom is -0.434 e. The molecule has 0 fully saturated rings. The van der Waals surface area contributed by atoms with E-state index in [-0.39, 0.29) is 0 Å². The topological polar surface area (TPSA) is 38.9 Å². The molecule has 2 aromatic heterocycles. The molecule has 0 atom stereocenters. The average molecular weight is 392 g/mol. The maximum absolute atomic E-state index is 6.01. The fourth-order valence-corrected chi connectivity index (χ4v) is 3.56. The maximum Gasteiger partial charge on any atom is 0.256 e. The smallest absolute Gasteiger partial charge is 0.256 e. The van der Waals surface area contributed by atoms with Crippen molar-refractivity contribution in [2.45, 2.75) is 0 Å². The van der Waals surface area contributed by atoms with Crippen LogP contribution in [0.15, 0.2) is 57.6 Å². The summed E-state index contributed by atoms with van der Waals surface area (Å²) in [7, 11) is 0. The van der Waals surface area contributed by atoms with Gasteiger partial charge < -0.3 is 4.42 Å². The average Bonchev–Trinajstić information content (AvgIpc) is 3.13. The van der Waals surface area contributed by atoms with Crippen LogP contribution in [0.5, 0.6) is 0 Å². The van der Waals surface area contributed by atoms with Crippen molar-refractivity contribution in [3.05, 3.63) is 58.2 Å². The van der Waals surface area contributed by atoms with Gasteiger partial charge in [-0.15, -0.1) is 11.3 Å². The van der Waals surface area contributed by atoms with Crippen LogP contribution in [0.2, 0.25) is 5.02 Å². The molecule has 0 N–H and O–H groups in total. The Morgan fingerprint density at radius 1 is 1.14 bits per heavy atom. The lowest BCUT2D eigenvalue weighted by Crippen LogP contribution is -1.74. The van der Waals surface area contributed by atoms with Crippen LogP contribution in [-0.4, -0.2) is 9.97 Å². The van der Waals surface area contributed by atoms with Gasteiger partial charge in [-0.05, 0) is 30.3 Å². The first-order chi connectivity index (χ1) is 10.7. The number of hydrogen-bond acceptors (Lipinski definition) is 4. The highest BCUT2D eigenvalue weighted by molar-refractivity contribution is 9.10. The van der Waals surface area contributed by atoms with Crippen LogP contribution in [0.25, 0.3) is 32.4 Å². The lowest BCUT2D eigenvalue weighted by Gasteiger charge is -1.95. The third kappa shape index (κ3) is 2.56. The zero-order valence-electron chi connectivity index (χ0n) is 11.1. The molecule has 108 valence electrons. The van der Waals surface area contributed by atoms with Crippen molar-refractivity contribution in [2.24, 2.45) is 0 Å². The highest BCUT2D eigenvalue weighted by atomic mass is 79.9. The highest BCUT2D eigenvalue weighted by Crippen LogP contribution is 2.33. The van der Waals surface area contributed by atoms with E-state index >= 15 is 0 Å². The largest absolute Gasteiger partial charge is 0.434 e. The number of fused-ring (bicyclic) bond motifs is 1. The van der Waals surface area contributed by atoms with Crippen molar-refractivity contribution >= 4 is 49.1 Å². The number of aromatic nitrogens is 2. The van der Waals surface area contributed by atoms with E-state index in [4.69, 9.17) is 16.0 Å². The normalized spacial score (nSPS) is 11.2. The molecule has 0 aliphatic rings. The number of hydrogen-bond donors (Lipinski definition) is 0. The Morgan fingerprint density at radius 3 is 2.91 bits per heavy atom. The number of oxazole rings is 1. The van der Waals surface area contributed by atoms with E-state index < -0.39 is 0 Å². The SMILES string of the molecule is Clc1cccc(-c2cnc(-c3nc4cc(Br)ccc4s3)o2)c1. The van der Waals surface area contributed by atoms with E-state index in [1.54, 1.807) is 17.5 Å². The summed E-state index contributed by atoms with van der Waals surface area (Å²) in [6.45, 7) is 0. The van der Waals surface area contributed by atoms with Crippen molar-refractivity contribution in [1.29, 1.82) is 0 Å². The maximum atomic E-state index is 6.01. The van der Waals surface area contributed by atoms with E-state index in [9.17, 15) is 0 Å². The molecular weight excluding hydrogens is 384 g/mol. The molecule has 0 saturated heterocycles. The molecular formula is C16H8BrClN2OS. The van der Waals surface area contributed by atoms with Crippen LogP contribution in [0.3, 0.4) is 0 Å². The molecule has 2 aromatic carbocycles. The van der Waals surface area contributed by atoms with Crippen LogP contribution in [0.4, 0.5) is 0 Å². The van der Waals surface area contributed by atoms with Gasteiger partial charge in [0.2, 0.25) is 0 Å². The second kappa shape index (κ2) is 5.50. The van der Waals surface area contributed by atoms with Crippen LogP contribution in [0.1, 0.15) is 0 Å². The van der Waals surface area contributed by atoms with E-state index in [0.29, 0.717) is 16.7 Å². The summed E-state index contributed by atoms with van der Waals surface area (Å²) in [6, 6.07) is 13.5. The van der Waals surface area contributed by atoms with Gasteiger partial charge >= 0.3 is 0 Å². The molecule has 2 heterocycles. The predicted molar refractivity (Wildman–Crippen MR) is 93.3 cm³/mol. The summed E-state index contributed by atoms with van der Waals surface area (Å²) in [6.07, 6.45) is 1.70. The predicted octanol–water partition coefficient (Wildman–Crippen LogP) is 6.03. The Balaban J connectivity index is 1.76. The molecule has 0 unspecified atom stereocenters. The first kappa shape index (κ1) is 13.9. The lowest BCUT2D eigenvalue weighted by atomic mass is 10.2.